The normalized spacial score (nSPS) is 15.7. The number of hydrogen-bond donors (Lipinski definition) is 2. The van der Waals surface area contributed by atoms with Crippen LogP contribution in [-0.4, -0.2) is 52.1 Å². The maximum Gasteiger partial charge on any atom is 0.253 e. The van der Waals surface area contributed by atoms with Crippen LogP contribution in [0.3, 0.4) is 0 Å². The van der Waals surface area contributed by atoms with Crippen LogP contribution in [0.15, 0.2) is 29.2 Å². The minimum atomic E-state index is -0.0910. The van der Waals surface area contributed by atoms with Crippen LogP contribution in [-0.2, 0) is 0 Å². The molecule has 0 saturated carbocycles. The molecule has 0 spiro atoms. The van der Waals surface area contributed by atoms with E-state index in [1.165, 1.54) is 0 Å². The second-order valence-electron chi connectivity index (χ2n) is 6.03. The van der Waals surface area contributed by atoms with E-state index in [1.54, 1.807) is 12.5 Å². The molecule has 2 N–H and O–H groups in total. The second kappa shape index (κ2) is 5.20. The SMILES string of the molecule is Cc1nocc1-c1c[nH]c2ncc(C(=O)NC3CN(C)C3)cc12. The van der Waals surface area contributed by atoms with Gasteiger partial charge in [0.05, 0.1) is 17.3 Å². The fourth-order valence-corrected chi connectivity index (χ4v) is 2.96. The summed E-state index contributed by atoms with van der Waals surface area (Å²) in [4.78, 5) is 22.0. The molecule has 0 aromatic carbocycles. The van der Waals surface area contributed by atoms with Crippen molar-refractivity contribution in [3.63, 3.8) is 0 Å². The number of carbonyl (C=O) groups excluding carboxylic acids is 1. The molecule has 4 heterocycles. The Morgan fingerprint density at radius 2 is 2.26 bits per heavy atom. The van der Waals surface area contributed by atoms with E-state index in [1.807, 2.05) is 26.2 Å². The van der Waals surface area contributed by atoms with E-state index in [-0.39, 0.29) is 11.9 Å². The molecule has 23 heavy (non-hydrogen) atoms. The monoisotopic (exact) mass is 311 g/mol. The first-order valence-electron chi connectivity index (χ1n) is 7.49. The van der Waals surface area contributed by atoms with Gasteiger partial charge in [0, 0.05) is 42.0 Å². The van der Waals surface area contributed by atoms with Gasteiger partial charge in [-0.3, -0.25) is 4.79 Å². The van der Waals surface area contributed by atoms with E-state index < -0.39 is 0 Å². The summed E-state index contributed by atoms with van der Waals surface area (Å²) in [7, 11) is 2.03. The molecule has 7 heteroatoms. The van der Waals surface area contributed by atoms with Gasteiger partial charge in [-0.15, -0.1) is 0 Å². The molecule has 0 radical (unpaired) electrons. The molecule has 1 aliphatic heterocycles. The van der Waals surface area contributed by atoms with Crippen LogP contribution in [0.2, 0.25) is 0 Å². The molecule has 0 unspecified atom stereocenters. The highest BCUT2D eigenvalue weighted by Crippen LogP contribution is 2.30. The number of amides is 1. The molecule has 1 amide bonds. The van der Waals surface area contributed by atoms with Crippen LogP contribution in [0.25, 0.3) is 22.2 Å². The van der Waals surface area contributed by atoms with Crippen molar-refractivity contribution in [2.45, 2.75) is 13.0 Å². The zero-order valence-electron chi connectivity index (χ0n) is 13.0. The predicted octanol–water partition coefficient (Wildman–Crippen LogP) is 1.57. The zero-order valence-corrected chi connectivity index (χ0v) is 13.0. The number of fused-ring (bicyclic) bond motifs is 1. The highest BCUT2D eigenvalue weighted by atomic mass is 16.5. The smallest absolute Gasteiger partial charge is 0.253 e. The first-order valence-corrected chi connectivity index (χ1v) is 7.49. The van der Waals surface area contributed by atoms with Crippen LogP contribution in [0.5, 0.6) is 0 Å². The van der Waals surface area contributed by atoms with E-state index in [2.05, 4.69) is 25.3 Å². The van der Waals surface area contributed by atoms with Crippen molar-refractivity contribution in [3.05, 3.63) is 36.0 Å². The van der Waals surface area contributed by atoms with Gasteiger partial charge in [-0.05, 0) is 20.0 Å². The third kappa shape index (κ3) is 2.39. The number of rotatable bonds is 3. The Hall–Kier alpha value is -2.67. The van der Waals surface area contributed by atoms with E-state index >= 15 is 0 Å². The van der Waals surface area contributed by atoms with Crippen molar-refractivity contribution >= 4 is 16.9 Å². The molecular weight excluding hydrogens is 294 g/mol. The summed E-state index contributed by atoms with van der Waals surface area (Å²) in [5.74, 6) is -0.0910. The van der Waals surface area contributed by atoms with Crippen molar-refractivity contribution in [2.75, 3.05) is 20.1 Å². The lowest BCUT2D eigenvalue weighted by atomic mass is 10.1. The van der Waals surface area contributed by atoms with E-state index in [0.29, 0.717) is 5.56 Å². The largest absolute Gasteiger partial charge is 0.364 e. The fourth-order valence-electron chi connectivity index (χ4n) is 2.96. The van der Waals surface area contributed by atoms with Crippen LogP contribution in [0.1, 0.15) is 16.1 Å². The number of aromatic amines is 1. The van der Waals surface area contributed by atoms with Gasteiger partial charge in [-0.2, -0.15) is 0 Å². The Labute approximate surface area is 132 Å². The highest BCUT2D eigenvalue weighted by molar-refractivity contribution is 6.01. The minimum absolute atomic E-state index is 0.0910. The molecular formula is C16H17N5O2. The molecule has 4 rings (SSSR count). The molecule has 0 bridgehead atoms. The summed E-state index contributed by atoms with van der Waals surface area (Å²) in [6.45, 7) is 3.65. The van der Waals surface area contributed by atoms with Crippen molar-refractivity contribution in [2.24, 2.45) is 0 Å². The van der Waals surface area contributed by atoms with E-state index in [4.69, 9.17) is 4.52 Å². The van der Waals surface area contributed by atoms with Gasteiger partial charge in [0.1, 0.15) is 11.9 Å². The lowest BCUT2D eigenvalue weighted by molar-refractivity contribution is 0.0857. The van der Waals surface area contributed by atoms with E-state index in [0.717, 1.165) is 40.9 Å². The maximum atomic E-state index is 12.4. The molecule has 3 aromatic heterocycles. The number of H-pyrrole nitrogens is 1. The van der Waals surface area contributed by atoms with Crippen molar-refractivity contribution in [1.82, 2.24) is 25.3 Å². The Morgan fingerprint density at radius 1 is 1.43 bits per heavy atom. The summed E-state index contributed by atoms with van der Waals surface area (Å²) in [5.41, 5.74) is 3.93. The Kier molecular flexibility index (Phi) is 3.16. The Balaban J connectivity index is 1.67. The molecule has 1 aliphatic rings. The number of carbonyl (C=O) groups is 1. The number of likely N-dealkylation sites (tertiary alicyclic amines) is 1. The van der Waals surface area contributed by atoms with Crippen molar-refractivity contribution in [3.8, 4) is 11.1 Å². The topological polar surface area (TPSA) is 87.0 Å². The van der Waals surface area contributed by atoms with Crippen LogP contribution < -0.4 is 5.32 Å². The standard InChI is InChI=1S/C16H17N5O2/c1-9-14(8-23-20-9)13-5-18-15-12(13)3-10(4-17-15)16(22)19-11-6-21(2)7-11/h3-5,8,11H,6-7H2,1-2H3,(H,17,18)(H,19,22). The fraction of sp³-hybridized carbons (Fsp3) is 0.312. The Bertz CT molecular complexity index is 876. The highest BCUT2D eigenvalue weighted by Gasteiger charge is 2.25. The van der Waals surface area contributed by atoms with Crippen LogP contribution in [0, 0.1) is 6.92 Å². The molecule has 7 nitrogen and oxygen atoms in total. The van der Waals surface area contributed by atoms with Crippen molar-refractivity contribution in [1.29, 1.82) is 0 Å². The molecule has 1 saturated heterocycles. The number of nitrogens with zero attached hydrogens (tertiary/aromatic N) is 3. The van der Waals surface area contributed by atoms with Gasteiger partial charge >= 0.3 is 0 Å². The van der Waals surface area contributed by atoms with Crippen LogP contribution in [0.4, 0.5) is 0 Å². The summed E-state index contributed by atoms with van der Waals surface area (Å²) in [5, 5.41) is 7.82. The van der Waals surface area contributed by atoms with E-state index in [9.17, 15) is 4.79 Å². The second-order valence-corrected chi connectivity index (χ2v) is 6.03. The molecule has 0 aliphatic carbocycles. The number of aryl methyl sites for hydroxylation is 1. The zero-order chi connectivity index (χ0) is 16.0. The number of hydrogen-bond acceptors (Lipinski definition) is 5. The minimum Gasteiger partial charge on any atom is -0.364 e. The molecule has 3 aromatic rings. The van der Waals surface area contributed by atoms with Gasteiger partial charge in [0.2, 0.25) is 0 Å². The average Bonchev–Trinajstić information content (AvgIpc) is 3.10. The van der Waals surface area contributed by atoms with Gasteiger partial charge < -0.3 is 19.7 Å². The van der Waals surface area contributed by atoms with Crippen LogP contribution >= 0.6 is 0 Å². The third-order valence-corrected chi connectivity index (χ3v) is 4.23. The lowest BCUT2D eigenvalue weighted by Crippen LogP contribution is -2.57. The maximum absolute atomic E-state index is 12.4. The summed E-state index contributed by atoms with van der Waals surface area (Å²) < 4.78 is 5.01. The predicted molar refractivity (Wildman–Crippen MR) is 85.1 cm³/mol. The van der Waals surface area contributed by atoms with Crippen molar-refractivity contribution < 1.29 is 9.32 Å². The lowest BCUT2D eigenvalue weighted by Gasteiger charge is -2.36. The summed E-state index contributed by atoms with van der Waals surface area (Å²) >= 11 is 0. The molecule has 0 atom stereocenters. The quantitative estimate of drug-likeness (QED) is 0.766. The number of nitrogens with one attached hydrogen (secondary N) is 2. The first kappa shape index (κ1) is 14.0. The van der Waals surface area contributed by atoms with Gasteiger partial charge in [-0.25, -0.2) is 4.98 Å². The average molecular weight is 311 g/mol. The Morgan fingerprint density at radius 3 is 2.96 bits per heavy atom. The van der Waals surface area contributed by atoms with Gasteiger partial charge in [0.15, 0.2) is 0 Å². The van der Waals surface area contributed by atoms with Gasteiger partial charge in [-0.1, -0.05) is 5.16 Å². The molecule has 1 fully saturated rings. The van der Waals surface area contributed by atoms with Gasteiger partial charge in [0.25, 0.3) is 5.91 Å². The first-order chi connectivity index (χ1) is 11.1. The summed E-state index contributed by atoms with van der Waals surface area (Å²) in [6.07, 6.45) is 5.06. The third-order valence-electron chi connectivity index (χ3n) is 4.23. The number of pyridine rings is 1. The summed E-state index contributed by atoms with van der Waals surface area (Å²) in [6, 6.07) is 2.08. The molecule has 118 valence electrons. The number of likely N-dealkylation sites (N-methyl/N-ethyl adjacent to an activating group) is 1. The number of aromatic nitrogens is 3.